The second kappa shape index (κ2) is 20.1. The van der Waals surface area contributed by atoms with Crippen molar-refractivity contribution >= 4 is 33.5 Å². The summed E-state index contributed by atoms with van der Waals surface area (Å²) in [6.07, 6.45) is -1.96. The third-order valence-electron chi connectivity index (χ3n) is 10.8. The van der Waals surface area contributed by atoms with Crippen LogP contribution in [0.3, 0.4) is 0 Å². The van der Waals surface area contributed by atoms with Crippen molar-refractivity contribution in [3.05, 3.63) is 156 Å². The fourth-order valence-corrected chi connectivity index (χ4v) is 7.66. The number of esters is 2. The molecule has 0 saturated carbocycles. The molecule has 7 rings (SSSR count). The summed E-state index contributed by atoms with van der Waals surface area (Å²) in [6, 6.07) is 39.1. The molecule has 0 aliphatic carbocycles. The molecule has 11 nitrogen and oxygen atoms in total. The van der Waals surface area contributed by atoms with Gasteiger partial charge in [-0.05, 0) is 95.4 Å². The lowest BCUT2D eigenvalue weighted by Crippen LogP contribution is -2.30. The van der Waals surface area contributed by atoms with E-state index >= 15 is 0 Å². The molecule has 0 saturated heterocycles. The van der Waals surface area contributed by atoms with Crippen LogP contribution in [0.1, 0.15) is 37.5 Å². The minimum atomic E-state index is -0.978. The van der Waals surface area contributed by atoms with Crippen LogP contribution < -0.4 is 14.2 Å². The summed E-state index contributed by atoms with van der Waals surface area (Å²) in [6.45, 7) is 12.8. The van der Waals surface area contributed by atoms with E-state index in [0.717, 1.165) is 60.9 Å². The molecule has 2 N–H and O–H groups in total. The van der Waals surface area contributed by atoms with Crippen molar-refractivity contribution in [2.24, 2.45) is 0 Å². The van der Waals surface area contributed by atoms with Gasteiger partial charge in [-0.15, -0.1) is 0 Å². The molecule has 1 aliphatic rings. The number of hydrogen-bond acceptors (Lipinski definition) is 11. The highest BCUT2D eigenvalue weighted by Gasteiger charge is 2.42. The normalized spacial score (nSPS) is 15.1. The fourth-order valence-electron chi connectivity index (χ4n) is 7.66. The number of hydrogen-bond donors (Lipinski definition) is 2. The van der Waals surface area contributed by atoms with Gasteiger partial charge in [-0.25, -0.2) is 9.59 Å². The van der Waals surface area contributed by atoms with E-state index in [0.29, 0.717) is 11.5 Å². The van der Waals surface area contributed by atoms with Crippen LogP contribution in [0, 0.1) is 0 Å². The third-order valence-corrected chi connectivity index (χ3v) is 10.8. The van der Waals surface area contributed by atoms with Gasteiger partial charge >= 0.3 is 11.9 Å². The molecule has 0 fully saturated rings. The number of aliphatic hydroxyl groups excluding tert-OH is 2. The first kappa shape index (κ1) is 44.6. The quantitative estimate of drug-likeness (QED) is 0.0433. The van der Waals surface area contributed by atoms with E-state index in [1.807, 2.05) is 66.7 Å². The lowest BCUT2D eigenvalue weighted by Gasteiger charge is -2.40. The van der Waals surface area contributed by atoms with Gasteiger partial charge in [-0.3, -0.25) is 0 Å². The molecule has 0 amide bonds. The second-order valence-corrected chi connectivity index (χ2v) is 15.7. The van der Waals surface area contributed by atoms with Gasteiger partial charge in [-0.2, -0.15) is 0 Å². The summed E-state index contributed by atoms with van der Waals surface area (Å²) in [5, 5.41) is 24.3. The number of ether oxygens (including phenoxy) is 7. The summed E-state index contributed by atoms with van der Waals surface area (Å²) >= 11 is 0. The maximum Gasteiger partial charge on any atom is 0.333 e. The van der Waals surface area contributed by atoms with Gasteiger partial charge in [0.05, 0.1) is 31.8 Å². The number of benzene rings is 6. The minimum absolute atomic E-state index is 0.0226. The van der Waals surface area contributed by atoms with Gasteiger partial charge < -0.3 is 43.4 Å². The maximum absolute atomic E-state index is 11.7. The van der Waals surface area contributed by atoms with Crippen LogP contribution in [-0.2, 0) is 34.0 Å². The Hall–Kier alpha value is -6.50. The Kier molecular flexibility index (Phi) is 14.2. The zero-order valence-electron chi connectivity index (χ0n) is 35.8. The second-order valence-electron chi connectivity index (χ2n) is 15.7. The van der Waals surface area contributed by atoms with Crippen molar-refractivity contribution in [2.45, 2.75) is 38.4 Å². The largest absolute Gasteiger partial charge is 0.491 e. The lowest BCUT2D eigenvalue weighted by molar-refractivity contribution is -0.143. The molecule has 2 unspecified atom stereocenters. The molecular weight excluding hydrogens is 801 g/mol. The molecular formula is C52H52O11. The maximum atomic E-state index is 11.7. The summed E-state index contributed by atoms with van der Waals surface area (Å²) in [4.78, 5) is 23.3. The molecule has 6 aromatic carbocycles. The van der Waals surface area contributed by atoms with Crippen molar-refractivity contribution in [3.63, 3.8) is 0 Å². The number of carbonyl (C=O) groups excluding carboxylic acids is 2. The number of fused-ring (bicyclic) bond motifs is 6. The predicted molar refractivity (Wildman–Crippen MR) is 242 cm³/mol. The van der Waals surface area contributed by atoms with Crippen molar-refractivity contribution in [1.29, 1.82) is 0 Å². The minimum Gasteiger partial charge on any atom is -0.491 e. The van der Waals surface area contributed by atoms with Crippen molar-refractivity contribution < 1.29 is 53.0 Å². The summed E-state index contributed by atoms with van der Waals surface area (Å²) in [5.41, 5.74) is 5.02. The molecule has 1 aliphatic heterocycles. The third kappa shape index (κ3) is 10.4. The number of carbonyl (C=O) groups is 2. The molecule has 63 heavy (non-hydrogen) atoms. The summed E-state index contributed by atoms with van der Waals surface area (Å²) in [7, 11) is 0. The van der Waals surface area contributed by atoms with E-state index in [-0.39, 0.29) is 64.0 Å². The molecule has 2 atom stereocenters. The Labute approximate surface area is 367 Å². The average Bonchev–Trinajstić information content (AvgIpc) is 3.29. The van der Waals surface area contributed by atoms with Crippen LogP contribution in [-0.4, -0.2) is 87.2 Å². The van der Waals surface area contributed by atoms with E-state index in [1.165, 1.54) is 0 Å². The van der Waals surface area contributed by atoms with Gasteiger partial charge in [0, 0.05) is 22.3 Å². The first-order valence-corrected chi connectivity index (χ1v) is 20.8. The standard InChI is InChI=1S/C52H52O11/c1-33(2)50(55)61-31-40(53)29-57-23-25-59-42-19-13-37-15-21-46-48(44(37)27-42)52(5,39-17-11-36(12-18-39)35-9-7-6-8-10-35)49-45-28-43(20-14-38(45)16-22-47(49)63-46)60-26-24-58-30-41(54)32-62-51(56)34(3)4/h6-22,27-28,40-41,53-54H,1,3,23-26,29-32H2,2,4-5H3. The Morgan fingerprint density at radius 2 is 1.03 bits per heavy atom. The lowest BCUT2D eigenvalue weighted by atomic mass is 9.66. The topological polar surface area (TPSA) is 139 Å². The Bertz CT molecular complexity index is 2460. The van der Waals surface area contributed by atoms with Gasteiger partial charge in [0.15, 0.2) is 0 Å². The van der Waals surface area contributed by atoms with Crippen LogP contribution in [0.15, 0.2) is 140 Å². The number of rotatable bonds is 20. The summed E-state index contributed by atoms with van der Waals surface area (Å²) in [5.74, 6) is 1.61. The highest BCUT2D eigenvalue weighted by atomic mass is 16.6. The van der Waals surface area contributed by atoms with E-state index in [1.54, 1.807) is 13.8 Å². The van der Waals surface area contributed by atoms with E-state index in [9.17, 15) is 19.8 Å². The molecule has 11 heteroatoms. The van der Waals surface area contributed by atoms with E-state index < -0.39 is 29.6 Å². The Morgan fingerprint density at radius 1 is 0.587 bits per heavy atom. The van der Waals surface area contributed by atoms with E-state index in [2.05, 4.69) is 68.6 Å². The highest BCUT2D eigenvalue weighted by molar-refractivity contribution is 5.97. The monoisotopic (exact) mass is 852 g/mol. The zero-order valence-corrected chi connectivity index (χ0v) is 35.8. The van der Waals surface area contributed by atoms with Crippen molar-refractivity contribution in [1.82, 2.24) is 0 Å². The smallest absolute Gasteiger partial charge is 0.333 e. The molecule has 1 heterocycles. The molecule has 0 bridgehead atoms. The highest BCUT2D eigenvalue weighted by Crippen LogP contribution is 2.56. The van der Waals surface area contributed by atoms with Gasteiger partial charge in [-0.1, -0.05) is 92.0 Å². The van der Waals surface area contributed by atoms with Crippen LogP contribution >= 0.6 is 0 Å². The van der Waals surface area contributed by atoms with Crippen LogP contribution in [0.2, 0.25) is 0 Å². The molecule has 0 radical (unpaired) electrons. The average molecular weight is 853 g/mol. The molecule has 0 aromatic heterocycles. The molecule has 6 aromatic rings. The van der Waals surface area contributed by atoms with Gasteiger partial charge in [0.2, 0.25) is 0 Å². The van der Waals surface area contributed by atoms with Crippen LogP contribution in [0.4, 0.5) is 0 Å². The van der Waals surface area contributed by atoms with Crippen molar-refractivity contribution in [2.75, 3.05) is 52.9 Å². The SMILES string of the molecule is C=C(C)C(=O)OCC(O)COCCOc1ccc2ccc3c(c2c1)C(C)(c1ccc(-c2ccccc2)cc1)c1c(ccc2ccc(OCCOCC(O)COC(=O)C(=C)C)cc12)O3. The summed E-state index contributed by atoms with van der Waals surface area (Å²) < 4.78 is 40.5. The number of aliphatic hydroxyl groups is 2. The van der Waals surface area contributed by atoms with Crippen LogP contribution in [0.25, 0.3) is 32.7 Å². The van der Waals surface area contributed by atoms with Crippen molar-refractivity contribution in [3.8, 4) is 34.1 Å². The van der Waals surface area contributed by atoms with E-state index in [4.69, 9.17) is 33.2 Å². The van der Waals surface area contributed by atoms with Crippen LogP contribution in [0.5, 0.6) is 23.0 Å². The first-order valence-electron chi connectivity index (χ1n) is 20.8. The fraction of sp³-hybridized carbons (Fsp3) is 0.269. The van der Waals surface area contributed by atoms with Gasteiger partial charge in [0.1, 0.15) is 61.6 Å². The molecule has 0 spiro atoms. The first-order chi connectivity index (χ1) is 30.4. The Morgan fingerprint density at radius 3 is 1.49 bits per heavy atom. The predicted octanol–water partition coefficient (Wildman–Crippen LogP) is 8.87. The molecule has 326 valence electrons. The Balaban J connectivity index is 1.17. The zero-order chi connectivity index (χ0) is 44.5. The van der Waals surface area contributed by atoms with Gasteiger partial charge in [0.25, 0.3) is 0 Å².